The Morgan fingerprint density at radius 3 is 2.67 bits per heavy atom. The zero-order chi connectivity index (χ0) is 15.2. The number of rotatable bonds is 6. The molecule has 2 atom stereocenters. The van der Waals surface area contributed by atoms with Crippen molar-refractivity contribution in [3.63, 3.8) is 0 Å². The van der Waals surface area contributed by atoms with Crippen LogP contribution in [0.25, 0.3) is 0 Å². The molecule has 112 valence electrons. The van der Waals surface area contributed by atoms with Gasteiger partial charge in [0.1, 0.15) is 6.04 Å². The first kappa shape index (κ1) is 15.2. The van der Waals surface area contributed by atoms with Crippen LogP contribution in [0, 0.1) is 5.92 Å². The van der Waals surface area contributed by atoms with E-state index in [4.69, 9.17) is 0 Å². The Hall–Kier alpha value is -2.21. The lowest BCUT2D eigenvalue weighted by molar-refractivity contribution is -0.141. The van der Waals surface area contributed by atoms with Gasteiger partial charge in [0, 0.05) is 13.0 Å². The Morgan fingerprint density at radius 2 is 2.05 bits per heavy atom. The lowest BCUT2D eigenvalue weighted by Crippen LogP contribution is -2.48. The average Bonchev–Trinajstić information content (AvgIpc) is 2.46. The third-order valence-electron chi connectivity index (χ3n) is 3.54. The standard InChI is InChI=1S/C15H18N2O4/c18-13-7-6-11(14(19)17-13)9-16-12(15(20)21)8-10-4-2-1-3-5-10/h1-5,11-12,16H,6-9H2,(H,20,21)(H,17,18,19)/t11?,12-/m0/s1. The highest BCUT2D eigenvalue weighted by Gasteiger charge is 2.28. The highest BCUT2D eigenvalue weighted by Crippen LogP contribution is 2.12. The molecule has 6 heteroatoms. The topological polar surface area (TPSA) is 95.5 Å². The van der Waals surface area contributed by atoms with Crippen LogP contribution in [0.2, 0.25) is 0 Å². The predicted octanol–water partition coefficient (Wildman–Crippen LogP) is 0.325. The molecule has 2 amide bonds. The minimum absolute atomic E-state index is 0.253. The molecular weight excluding hydrogens is 272 g/mol. The van der Waals surface area contributed by atoms with Gasteiger partial charge >= 0.3 is 5.97 Å². The second-order valence-corrected chi connectivity index (χ2v) is 5.14. The number of hydrogen-bond acceptors (Lipinski definition) is 4. The molecule has 3 N–H and O–H groups in total. The van der Waals surface area contributed by atoms with Gasteiger partial charge in [-0.25, -0.2) is 0 Å². The number of benzene rings is 1. The van der Waals surface area contributed by atoms with E-state index in [0.717, 1.165) is 5.56 Å². The van der Waals surface area contributed by atoms with Gasteiger partial charge in [0.05, 0.1) is 5.92 Å². The van der Waals surface area contributed by atoms with Gasteiger partial charge in [0.15, 0.2) is 0 Å². The Bertz CT molecular complexity index is 530. The van der Waals surface area contributed by atoms with Gasteiger partial charge in [0.2, 0.25) is 11.8 Å². The highest BCUT2D eigenvalue weighted by atomic mass is 16.4. The molecule has 0 radical (unpaired) electrons. The van der Waals surface area contributed by atoms with Crippen molar-refractivity contribution in [1.29, 1.82) is 0 Å². The molecular formula is C15H18N2O4. The van der Waals surface area contributed by atoms with Crippen molar-refractivity contribution in [2.45, 2.75) is 25.3 Å². The first-order valence-corrected chi connectivity index (χ1v) is 6.90. The number of amides is 2. The zero-order valence-corrected chi connectivity index (χ0v) is 11.5. The molecule has 1 aliphatic heterocycles. The zero-order valence-electron chi connectivity index (χ0n) is 11.5. The molecule has 2 rings (SSSR count). The van der Waals surface area contributed by atoms with Crippen LogP contribution in [-0.2, 0) is 20.8 Å². The highest BCUT2D eigenvalue weighted by molar-refractivity contribution is 5.98. The van der Waals surface area contributed by atoms with Crippen LogP contribution in [0.3, 0.4) is 0 Å². The molecule has 21 heavy (non-hydrogen) atoms. The van der Waals surface area contributed by atoms with Crippen LogP contribution in [0.5, 0.6) is 0 Å². The van der Waals surface area contributed by atoms with E-state index >= 15 is 0 Å². The number of carbonyl (C=O) groups is 3. The van der Waals surface area contributed by atoms with Gasteiger partial charge in [0.25, 0.3) is 0 Å². The van der Waals surface area contributed by atoms with Crippen molar-refractivity contribution in [1.82, 2.24) is 10.6 Å². The summed E-state index contributed by atoms with van der Waals surface area (Å²) in [5, 5.41) is 14.4. The van der Waals surface area contributed by atoms with E-state index in [1.807, 2.05) is 30.3 Å². The summed E-state index contributed by atoms with van der Waals surface area (Å²) >= 11 is 0. The van der Waals surface area contributed by atoms with Crippen LogP contribution in [0.15, 0.2) is 30.3 Å². The van der Waals surface area contributed by atoms with Crippen molar-refractivity contribution in [2.24, 2.45) is 5.92 Å². The minimum atomic E-state index is -0.953. The Labute approximate surface area is 122 Å². The summed E-state index contributed by atoms with van der Waals surface area (Å²) in [6, 6.07) is 8.56. The smallest absolute Gasteiger partial charge is 0.321 e. The second-order valence-electron chi connectivity index (χ2n) is 5.14. The van der Waals surface area contributed by atoms with E-state index in [1.54, 1.807) is 0 Å². The van der Waals surface area contributed by atoms with Gasteiger partial charge in [-0.3, -0.25) is 19.7 Å². The van der Waals surface area contributed by atoms with Gasteiger partial charge in [-0.2, -0.15) is 0 Å². The summed E-state index contributed by atoms with van der Waals surface area (Å²) in [6.07, 6.45) is 1.10. The molecule has 0 aromatic heterocycles. The third-order valence-corrected chi connectivity index (χ3v) is 3.54. The summed E-state index contributed by atoms with van der Waals surface area (Å²) in [4.78, 5) is 34.0. The number of carboxylic acids is 1. The number of carboxylic acid groups (broad SMARTS) is 1. The van der Waals surface area contributed by atoms with Crippen LogP contribution < -0.4 is 10.6 Å². The fraction of sp³-hybridized carbons (Fsp3) is 0.400. The molecule has 1 aliphatic rings. The number of hydrogen-bond donors (Lipinski definition) is 3. The number of nitrogens with one attached hydrogen (secondary N) is 2. The van der Waals surface area contributed by atoms with Crippen LogP contribution in [-0.4, -0.2) is 35.5 Å². The number of imide groups is 1. The van der Waals surface area contributed by atoms with Gasteiger partial charge in [-0.1, -0.05) is 30.3 Å². The van der Waals surface area contributed by atoms with E-state index in [-0.39, 0.29) is 24.3 Å². The first-order chi connectivity index (χ1) is 10.1. The fourth-order valence-corrected chi connectivity index (χ4v) is 2.31. The largest absolute Gasteiger partial charge is 0.480 e. The van der Waals surface area contributed by atoms with Gasteiger partial charge in [-0.15, -0.1) is 0 Å². The third kappa shape index (κ3) is 4.39. The molecule has 1 unspecified atom stereocenters. The minimum Gasteiger partial charge on any atom is -0.480 e. The van der Waals surface area contributed by atoms with Crippen molar-refractivity contribution in [3.05, 3.63) is 35.9 Å². The normalized spacial score (nSPS) is 19.9. The maximum absolute atomic E-state index is 11.6. The monoisotopic (exact) mass is 290 g/mol. The summed E-state index contributed by atoms with van der Waals surface area (Å²) < 4.78 is 0. The van der Waals surface area contributed by atoms with E-state index in [9.17, 15) is 19.5 Å². The first-order valence-electron chi connectivity index (χ1n) is 6.90. The fourth-order valence-electron chi connectivity index (χ4n) is 2.31. The van der Waals surface area contributed by atoms with Crippen LogP contribution in [0.4, 0.5) is 0 Å². The van der Waals surface area contributed by atoms with Gasteiger partial charge in [-0.05, 0) is 18.4 Å². The molecule has 0 aliphatic carbocycles. The maximum atomic E-state index is 11.6. The Balaban J connectivity index is 1.90. The number of piperidine rings is 1. The van der Waals surface area contributed by atoms with Crippen molar-refractivity contribution in [2.75, 3.05) is 6.54 Å². The molecule has 1 aromatic carbocycles. The van der Waals surface area contributed by atoms with E-state index in [0.29, 0.717) is 19.3 Å². The van der Waals surface area contributed by atoms with E-state index < -0.39 is 12.0 Å². The maximum Gasteiger partial charge on any atom is 0.321 e. The molecule has 0 saturated carbocycles. The number of aliphatic carboxylic acids is 1. The predicted molar refractivity (Wildman–Crippen MR) is 75.4 cm³/mol. The molecule has 0 bridgehead atoms. The second kappa shape index (κ2) is 6.99. The lowest BCUT2D eigenvalue weighted by Gasteiger charge is -2.23. The average molecular weight is 290 g/mol. The summed E-state index contributed by atoms with van der Waals surface area (Å²) in [6.45, 7) is 0.253. The molecule has 1 aromatic rings. The molecule has 1 heterocycles. The molecule has 1 saturated heterocycles. The Kier molecular flexibility index (Phi) is 5.05. The summed E-state index contributed by atoms with van der Waals surface area (Å²) in [5.74, 6) is -1.91. The summed E-state index contributed by atoms with van der Waals surface area (Å²) in [7, 11) is 0. The van der Waals surface area contributed by atoms with E-state index in [2.05, 4.69) is 10.6 Å². The van der Waals surface area contributed by atoms with Crippen molar-refractivity contribution < 1.29 is 19.5 Å². The quantitative estimate of drug-likeness (QED) is 0.656. The van der Waals surface area contributed by atoms with Gasteiger partial charge < -0.3 is 10.4 Å². The summed E-state index contributed by atoms with van der Waals surface area (Å²) in [5.41, 5.74) is 0.917. The van der Waals surface area contributed by atoms with E-state index in [1.165, 1.54) is 0 Å². The van der Waals surface area contributed by atoms with Crippen LogP contribution in [0.1, 0.15) is 18.4 Å². The Morgan fingerprint density at radius 1 is 1.33 bits per heavy atom. The lowest BCUT2D eigenvalue weighted by atomic mass is 9.97. The number of carbonyl (C=O) groups excluding carboxylic acids is 2. The SMILES string of the molecule is O=C1CCC(CN[C@@H](Cc2ccccc2)C(=O)O)C(=O)N1. The molecule has 1 fully saturated rings. The van der Waals surface area contributed by atoms with Crippen LogP contribution >= 0.6 is 0 Å². The van der Waals surface area contributed by atoms with Crippen molar-refractivity contribution in [3.8, 4) is 0 Å². The molecule has 0 spiro atoms. The van der Waals surface area contributed by atoms with Crippen molar-refractivity contribution >= 4 is 17.8 Å². The molecule has 6 nitrogen and oxygen atoms in total.